The summed E-state index contributed by atoms with van der Waals surface area (Å²) in [6.45, 7) is 0.310. The van der Waals surface area contributed by atoms with E-state index in [2.05, 4.69) is 5.32 Å². The molecule has 110 valence electrons. The average molecular weight is 272 g/mol. The van der Waals surface area contributed by atoms with Crippen LogP contribution in [-0.2, 0) is 9.53 Å². The molecule has 6 heteroatoms. The number of amides is 2. The summed E-state index contributed by atoms with van der Waals surface area (Å²) in [6.07, 6.45) is 5.76. The van der Waals surface area contributed by atoms with Gasteiger partial charge in [-0.3, -0.25) is 0 Å². The van der Waals surface area contributed by atoms with Crippen LogP contribution in [0, 0.1) is 0 Å². The minimum Gasteiger partial charge on any atom is -0.480 e. The van der Waals surface area contributed by atoms with Gasteiger partial charge in [0.2, 0.25) is 0 Å². The van der Waals surface area contributed by atoms with Crippen LogP contribution in [0.1, 0.15) is 38.5 Å². The van der Waals surface area contributed by atoms with Gasteiger partial charge in [0, 0.05) is 33.2 Å². The second-order valence-corrected chi connectivity index (χ2v) is 5.02. The number of rotatable bonds is 6. The van der Waals surface area contributed by atoms with Crippen LogP contribution in [0.3, 0.4) is 0 Å². The molecule has 1 unspecified atom stereocenters. The zero-order valence-electron chi connectivity index (χ0n) is 11.7. The fourth-order valence-electron chi connectivity index (χ4n) is 2.38. The largest absolute Gasteiger partial charge is 0.480 e. The summed E-state index contributed by atoms with van der Waals surface area (Å²) in [4.78, 5) is 24.7. The Balaban J connectivity index is 2.47. The lowest BCUT2D eigenvalue weighted by molar-refractivity contribution is -0.139. The zero-order valence-corrected chi connectivity index (χ0v) is 11.7. The van der Waals surface area contributed by atoms with Crippen molar-refractivity contribution < 1.29 is 19.4 Å². The topological polar surface area (TPSA) is 78.9 Å². The smallest absolute Gasteiger partial charge is 0.326 e. The maximum absolute atomic E-state index is 12.0. The summed E-state index contributed by atoms with van der Waals surface area (Å²) < 4.78 is 4.85. The van der Waals surface area contributed by atoms with E-state index < -0.39 is 12.0 Å². The summed E-state index contributed by atoms with van der Waals surface area (Å²) in [5.74, 6) is -1.03. The van der Waals surface area contributed by atoms with E-state index in [9.17, 15) is 9.59 Å². The van der Waals surface area contributed by atoms with Gasteiger partial charge in [0.05, 0.1) is 0 Å². The number of carboxylic acid groups (broad SMARTS) is 1. The lowest BCUT2D eigenvalue weighted by Gasteiger charge is -2.32. The molecular formula is C13H24N2O4. The number of nitrogens with zero attached hydrogens (tertiary/aromatic N) is 1. The number of carbonyl (C=O) groups is 2. The van der Waals surface area contributed by atoms with Crippen LogP contribution in [0.25, 0.3) is 0 Å². The molecule has 0 aliphatic heterocycles. The molecule has 1 fully saturated rings. The monoisotopic (exact) mass is 272 g/mol. The van der Waals surface area contributed by atoms with E-state index in [0.717, 1.165) is 25.7 Å². The highest BCUT2D eigenvalue weighted by molar-refractivity contribution is 5.82. The highest BCUT2D eigenvalue weighted by Crippen LogP contribution is 2.21. The first-order valence-corrected chi connectivity index (χ1v) is 6.81. The molecule has 0 bridgehead atoms. The van der Waals surface area contributed by atoms with Crippen LogP contribution in [0.4, 0.5) is 4.79 Å². The van der Waals surface area contributed by atoms with Crippen molar-refractivity contribution in [1.29, 1.82) is 0 Å². The maximum Gasteiger partial charge on any atom is 0.326 e. The Kier molecular flexibility index (Phi) is 6.62. The predicted molar refractivity (Wildman–Crippen MR) is 71.1 cm³/mol. The Bertz CT molecular complexity index is 303. The standard InChI is InChI=1S/C13H24N2O4/c1-15(10-6-4-3-5-7-10)13(18)14-11(12(16)17)8-9-19-2/h10-11H,3-9H2,1-2H3,(H,14,18)(H,16,17). The van der Waals surface area contributed by atoms with Crippen molar-refractivity contribution in [2.24, 2.45) is 0 Å². The summed E-state index contributed by atoms with van der Waals surface area (Å²) in [6, 6.07) is -0.973. The first-order valence-electron chi connectivity index (χ1n) is 6.81. The summed E-state index contributed by atoms with van der Waals surface area (Å²) in [5, 5.41) is 11.6. The van der Waals surface area contributed by atoms with Crippen molar-refractivity contribution in [3.05, 3.63) is 0 Å². The molecule has 2 amide bonds. The number of carboxylic acids is 1. The van der Waals surface area contributed by atoms with E-state index in [0.29, 0.717) is 6.61 Å². The summed E-state index contributed by atoms with van der Waals surface area (Å²) >= 11 is 0. The van der Waals surface area contributed by atoms with Crippen molar-refractivity contribution in [2.75, 3.05) is 20.8 Å². The molecule has 1 aliphatic carbocycles. The molecule has 0 spiro atoms. The number of aliphatic carboxylic acids is 1. The van der Waals surface area contributed by atoms with Gasteiger partial charge in [-0.25, -0.2) is 9.59 Å². The van der Waals surface area contributed by atoms with Gasteiger partial charge in [0.25, 0.3) is 0 Å². The fraction of sp³-hybridized carbons (Fsp3) is 0.846. The van der Waals surface area contributed by atoms with Crippen LogP contribution in [0.5, 0.6) is 0 Å². The van der Waals surface area contributed by atoms with Crippen LogP contribution in [0.15, 0.2) is 0 Å². The highest BCUT2D eigenvalue weighted by atomic mass is 16.5. The SMILES string of the molecule is COCCC(NC(=O)N(C)C1CCCCC1)C(=O)O. The number of nitrogens with one attached hydrogen (secondary N) is 1. The minimum absolute atomic E-state index is 0.227. The summed E-state index contributed by atoms with van der Waals surface area (Å²) in [5.41, 5.74) is 0. The number of carbonyl (C=O) groups excluding carboxylic acids is 1. The molecule has 0 aromatic rings. The number of hydrogen-bond donors (Lipinski definition) is 2. The van der Waals surface area contributed by atoms with Gasteiger partial charge in [-0.05, 0) is 12.8 Å². The fourth-order valence-corrected chi connectivity index (χ4v) is 2.38. The first-order chi connectivity index (χ1) is 9.06. The van der Waals surface area contributed by atoms with Gasteiger partial charge in [0.15, 0.2) is 0 Å². The van der Waals surface area contributed by atoms with Crippen molar-refractivity contribution in [3.8, 4) is 0 Å². The van der Waals surface area contributed by atoms with Crippen molar-refractivity contribution in [3.63, 3.8) is 0 Å². The van der Waals surface area contributed by atoms with E-state index >= 15 is 0 Å². The van der Waals surface area contributed by atoms with E-state index in [1.54, 1.807) is 11.9 Å². The molecule has 0 heterocycles. The van der Waals surface area contributed by atoms with E-state index in [4.69, 9.17) is 9.84 Å². The molecule has 2 N–H and O–H groups in total. The molecule has 0 aromatic heterocycles. The van der Waals surface area contributed by atoms with Crippen LogP contribution in [-0.4, -0.2) is 54.9 Å². The Labute approximate surface area is 114 Å². The number of ether oxygens (including phenoxy) is 1. The van der Waals surface area contributed by atoms with Gasteiger partial charge < -0.3 is 20.1 Å². The van der Waals surface area contributed by atoms with E-state index in [1.165, 1.54) is 13.5 Å². The number of hydrogen-bond acceptors (Lipinski definition) is 3. The Morgan fingerprint density at radius 2 is 2.00 bits per heavy atom. The Morgan fingerprint density at radius 1 is 1.37 bits per heavy atom. The van der Waals surface area contributed by atoms with E-state index in [1.807, 2.05) is 0 Å². The average Bonchev–Trinajstić information content (AvgIpc) is 2.43. The molecule has 0 radical (unpaired) electrons. The van der Waals surface area contributed by atoms with E-state index in [-0.39, 0.29) is 18.5 Å². The van der Waals surface area contributed by atoms with Crippen LogP contribution in [0.2, 0.25) is 0 Å². The second-order valence-electron chi connectivity index (χ2n) is 5.02. The molecule has 1 atom stereocenters. The second kappa shape index (κ2) is 7.99. The molecular weight excluding hydrogens is 248 g/mol. The van der Waals surface area contributed by atoms with Crippen LogP contribution >= 0.6 is 0 Å². The lowest BCUT2D eigenvalue weighted by atomic mass is 9.95. The molecule has 0 saturated heterocycles. The predicted octanol–water partition coefficient (Wildman–Crippen LogP) is 1.45. The third-order valence-electron chi connectivity index (χ3n) is 3.65. The highest BCUT2D eigenvalue weighted by Gasteiger charge is 2.26. The normalized spacial score (nSPS) is 17.8. The van der Waals surface area contributed by atoms with Gasteiger partial charge in [-0.15, -0.1) is 0 Å². The van der Waals surface area contributed by atoms with Gasteiger partial charge >= 0.3 is 12.0 Å². The molecule has 0 aromatic carbocycles. The van der Waals surface area contributed by atoms with Gasteiger partial charge in [0.1, 0.15) is 6.04 Å². The third-order valence-corrected chi connectivity index (χ3v) is 3.65. The Morgan fingerprint density at radius 3 is 2.53 bits per heavy atom. The lowest BCUT2D eigenvalue weighted by Crippen LogP contribution is -2.50. The van der Waals surface area contributed by atoms with Crippen molar-refractivity contribution >= 4 is 12.0 Å². The zero-order chi connectivity index (χ0) is 14.3. The third kappa shape index (κ3) is 5.06. The summed E-state index contributed by atoms with van der Waals surface area (Å²) in [7, 11) is 3.25. The Hall–Kier alpha value is -1.30. The number of urea groups is 1. The van der Waals surface area contributed by atoms with Gasteiger partial charge in [-0.2, -0.15) is 0 Å². The quantitative estimate of drug-likeness (QED) is 0.767. The van der Waals surface area contributed by atoms with Crippen molar-refractivity contribution in [2.45, 2.75) is 50.6 Å². The molecule has 19 heavy (non-hydrogen) atoms. The molecule has 1 saturated carbocycles. The maximum atomic E-state index is 12.0. The first kappa shape index (κ1) is 15.8. The number of methoxy groups -OCH3 is 1. The minimum atomic E-state index is -1.03. The van der Waals surface area contributed by atoms with Gasteiger partial charge in [-0.1, -0.05) is 19.3 Å². The van der Waals surface area contributed by atoms with Crippen molar-refractivity contribution in [1.82, 2.24) is 10.2 Å². The van der Waals surface area contributed by atoms with Crippen LogP contribution < -0.4 is 5.32 Å². The molecule has 1 rings (SSSR count). The molecule has 1 aliphatic rings. The molecule has 6 nitrogen and oxygen atoms in total.